The van der Waals surface area contributed by atoms with E-state index in [1.165, 1.54) is 22.7 Å². The van der Waals surface area contributed by atoms with Crippen LogP contribution in [0.3, 0.4) is 0 Å². The van der Waals surface area contributed by atoms with Crippen LogP contribution in [0.2, 0.25) is 0 Å². The summed E-state index contributed by atoms with van der Waals surface area (Å²) in [5.74, 6) is 2.48. The lowest BCUT2D eigenvalue weighted by Gasteiger charge is -2.41. The Hall–Kier alpha value is -7.87. The molecule has 19 heteroatoms. The van der Waals surface area contributed by atoms with Crippen LogP contribution in [0, 0.1) is 6.92 Å². The second-order valence-corrected chi connectivity index (χ2v) is 17.1. The summed E-state index contributed by atoms with van der Waals surface area (Å²) < 4.78 is 1.80. The number of H-pyrrole nitrogens is 1. The molecule has 0 spiro atoms. The van der Waals surface area contributed by atoms with E-state index in [0.717, 1.165) is 68.5 Å². The number of anilines is 9. The van der Waals surface area contributed by atoms with E-state index < -0.39 is 0 Å². The average molecular weight is 886 g/mol. The molecule has 0 aliphatic carbocycles. The van der Waals surface area contributed by atoms with Gasteiger partial charge in [0.1, 0.15) is 11.6 Å². The zero-order valence-corrected chi connectivity index (χ0v) is 36.0. The molecule has 2 amide bonds. The van der Waals surface area contributed by atoms with E-state index >= 15 is 0 Å². The van der Waals surface area contributed by atoms with E-state index in [4.69, 9.17) is 4.98 Å². The molecule has 4 aromatic carbocycles. The Morgan fingerprint density at radius 1 is 0.656 bits per heavy atom. The van der Waals surface area contributed by atoms with Gasteiger partial charge in [0, 0.05) is 66.3 Å². The van der Waals surface area contributed by atoms with Gasteiger partial charge in [0.2, 0.25) is 11.9 Å². The summed E-state index contributed by atoms with van der Waals surface area (Å²) in [6.07, 6.45) is 3.42. The number of carbonyl (C=O) groups excluding carboxylic acids is 2. The Kier molecular flexibility index (Phi) is 11.0. The van der Waals surface area contributed by atoms with Crippen molar-refractivity contribution in [2.75, 3.05) is 58.2 Å². The first-order valence-corrected chi connectivity index (χ1v) is 21.9. The molecule has 17 nitrogen and oxygen atoms in total. The quantitative estimate of drug-likeness (QED) is 0.0679. The molecule has 0 saturated carbocycles. The Bertz CT molecular complexity index is 3140. The van der Waals surface area contributed by atoms with Gasteiger partial charge in [-0.05, 0) is 92.3 Å². The second-order valence-electron chi connectivity index (χ2n) is 15.1. The summed E-state index contributed by atoms with van der Waals surface area (Å²) in [4.78, 5) is 58.4. The van der Waals surface area contributed by atoms with Gasteiger partial charge in [-0.25, -0.2) is 19.9 Å². The molecule has 1 saturated heterocycles. The lowest BCUT2D eigenvalue weighted by atomic mass is 10.0. The van der Waals surface area contributed by atoms with Gasteiger partial charge >= 0.3 is 0 Å². The first-order chi connectivity index (χ1) is 31.2. The third-order valence-corrected chi connectivity index (χ3v) is 12.3. The van der Waals surface area contributed by atoms with Crippen LogP contribution in [-0.2, 0) is 0 Å². The highest BCUT2D eigenvalue weighted by Gasteiger charge is 2.28. The normalized spacial score (nSPS) is 14.1. The summed E-state index contributed by atoms with van der Waals surface area (Å²) in [6, 6.07) is 33.9. The fraction of sp³-hybridized carbons (Fsp3) is 0.133. The van der Waals surface area contributed by atoms with Crippen molar-refractivity contribution in [1.82, 2.24) is 45.0 Å². The number of likely N-dealkylation sites (N-methyl/N-ethyl adjacent to an activating group) is 1. The number of aromatic nitrogens is 8. The molecule has 1 unspecified atom stereocenters. The predicted octanol–water partition coefficient (Wildman–Crippen LogP) is 8.75. The summed E-state index contributed by atoms with van der Waals surface area (Å²) in [5, 5.41) is 23.8. The van der Waals surface area contributed by atoms with Crippen molar-refractivity contribution in [3.05, 3.63) is 144 Å². The summed E-state index contributed by atoms with van der Waals surface area (Å²) in [6.45, 7) is 4.31. The Labute approximate surface area is 374 Å². The van der Waals surface area contributed by atoms with Gasteiger partial charge in [0.05, 0.1) is 26.5 Å². The van der Waals surface area contributed by atoms with Crippen molar-refractivity contribution in [2.24, 2.45) is 0 Å². The molecule has 6 heterocycles. The molecule has 1 atom stereocenters. The third kappa shape index (κ3) is 9.02. The first kappa shape index (κ1) is 40.2. The smallest absolute Gasteiger partial charge is 0.257 e. The molecule has 10 rings (SSSR count). The van der Waals surface area contributed by atoms with Crippen molar-refractivity contribution >= 4 is 106 Å². The summed E-state index contributed by atoms with van der Waals surface area (Å²) >= 11 is 2.79. The standard InChI is InChI=1S/C45H39N15O2S2/c1-26-22-38(58-57-26)52-37-16-18-46-42(53-37)48-30-12-14-32-35(23-30)64-45(51-32)56-41(62)29-10-8-27(9-11-29)34-25-59(2)20-21-60(34)39-17-19-47-43(54-39)49-31-13-15-33-36(24-31)63-44(50-33)55-40(61)28-6-4-3-5-7-28/h3-19,22-24,34H,20-21,25H2,1-2H3,(H,47,49,54)(H,50,55,61)(H,51,56,62)(H3,46,48,52,53,57,58). The van der Waals surface area contributed by atoms with Crippen molar-refractivity contribution in [3.63, 3.8) is 0 Å². The van der Waals surface area contributed by atoms with Crippen molar-refractivity contribution in [1.29, 1.82) is 0 Å². The highest BCUT2D eigenvalue weighted by Crippen LogP contribution is 2.33. The number of aryl methyl sites for hydroxylation is 1. The highest BCUT2D eigenvalue weighted by atomic mass is 32.1. The van der Waals surface area contributed by atoms with Gasteiger partial charge in [-0.15, -0.1) is 0 Å². The topological polar surface area (TPSA) is 207 Å². The van der Waals surface area contributed by atoms with Crippen LogP contribution in [-0.4, -0.2) is 83.5 Å². The number of hydrogen-bond donors (Lipinski definition) is 6. The lowest BCUT2D eigenvalue weighted by molar-refractivity contribution is 0.101. The number of nitrogens with one attached hydrogen (secondary N) is 6. The number of hydrogen-bond acceptors (Lipinski definition) is 16. The van der Waals surface area contributed by atoms with Crippen LogP contribution >= 0.6 is 22.7 Å². The van der Waals surface area contributed by atoms with E-state index in [2.05, 4.69) is 78.5 Å². The van der Waals surface area contributed by atoms with E-state index in [1.54, 1.807) is 30.6 Å². The van der Waals surface area contributed by atoms with Crippen molar-refractivity contribution < 1.29 is 9.59 Å². The molecule has 318 valence electrons. The van der Waals surface area contributed by atoms with E-state index in [-0.39, 0.29) is 17.9 Å². The lowest BCUT2D eigenvalue weighted by Crippen LogP contribution is -2.47. The number of aromatic amines is 1. The Balaban J connectivity index is 0.788. The Morgan fingerprint density at radius 2 is 1.28 bits per heavy atom. The number of rotatable bonds is 12. The van der Waals surface area contributed by atoms with Gasteiger partial charge < -0.3 is 25.8 Å². The number of carbonyl (C=O) groups is 2. The number of fused-ring (bicyclic) bond motifs is 2. The van der Waals surface area contributed by atoms with Crippen LogP contribution < -0.4 is 31.5 Å². The van der Waals surface area contributed by atoms with Crippen LogP contribution in [0.1, 0.15) is 38.0 Å². The fourth-order valence-corrected chi connectivity index (χ4v) is 9.11. The molecule has 64 heavy (non-hydrogen) atoms. The van der Waals surface area contributed by atoms with Crippen molar-refractivity contribution in [2.45, 2.75) is 13.0 Å². The summed E-state index contributed by atoms with van der Waals surface area (Å²) in [7, 11) is 2.11. The maximum Gasteiger partial charge on any atom is 0.257 e. The predicted molar refractivity (Wildman–Crippen MR) is 253 cm³/mol. The van der Waals surface area contributed by atoms with Crippen LogP contribution in [0.25, 0.3) is 20.4 Å². The third-order valence-electron chi connectivity index (χ3n) is 10.5. The van der Waals surface area contributed by atoms with E-state index in [9.17, 15) is 9.59 Å². The highest BCUT2D eigenvalue weighted by molar-refractivity contribution is 7.22. The van der Waals surface area contributed by atoms with Crippen LogP contribution in [0.4, 0.5) is 51.0 Å². The van der Waals surface area contributed by atoms with Gasteiger partial charge in [0.25, 0.3) is 11.8 Å². The SMILES string of the molecule is Cc1cc(Nc2ccnc(Nc3ccc4nc(NC(=O)c5ccc(C6CN(C)CCN6c6ccnc(Nc7ccc8nc(NC(=O)c9ccccc9)sc8c7)n6)cc5)sc4c3)n2)n[nH]1. The largest absolute Gasteiger partial charge is 0.347 e. The molecular formula is C45H39N15O2S2. The molecule has 0 radical (unpaired) electrons. The van der Waals surface area contributed by atoms with Gasteiger partial charge in [-0.2, -0.15) is 15.1 Å². The number of nitrogens with zero attached hydrogens (tertiary/aromatic N) is 9. The van der Waals surface area contributed by atoms with Crippen LogP contribution in [0.15, 0.2) is 122 Å². The first-order valence-electron chi connectivity index (χ1n) is 20.3. The molecule has 1 aliphatic rings. The monoisotopic (exact) mass is 885 g/mol. The maximum atomic E-state index is 13.5. The molecular weight excluding hydrogens is 847 g/mol. The molecule has 1 fully saturated rings. The minimum Gasteiger partial charge on any atom is -0.347 e. The molecule has 9 aromatic rings. The average Bonchev–Trinajstić information content (AvgIpc) is 4.03. The molecule has 0 bridgehead atoms. The maximum absolute atomic E-state index is 13.5. The number of piperazine rings is 1. The minimum absolute atomic E-state index is 0.0201. The fourth-order valence-electron chi connectivity index (χ4n) is 7.30. The zero-order valence-electron chi connectivity index (χ0n) is 34.4. The van der Waals surface area contributed by atoms with E-state index in [1.807, 2.05) is 97.9 Å². The summed E-state index contributed by atoms with van der Waals surface area (Å²) in [5.41, 5.74) is 6.21. The number of benzene rings is 4. The van der Waals surface area contributed by atoms with Gasteiger partial charge in [-0.1, -0.05) is 53.0 Å². The number of amides is 2. The van der Waals surface area contributed by atoms with Crippen LogP contribution in [0.5, 0.6) is 0 Å². The zero-order chi connectivity index (χ0) is 43.6. The second kappa shape index (κ2) is 17.5. The molecule has 5 aromatic heterocycles. The van der Waals surface area contributed by atoms with Gasteiger partial charge in [0.15, 0.2) is 16.1 Å². The number of thiazole rings is 2. The minimum atomic E-state index is -0.248. The Morgan fingerprint density at radius 3 is 1.92 bits per heavy atom. The van der Waals surface area contributed by atoms with Crippen molar-refractivity contribution in [3.8, 4) is 0 Å². The van der Waals surface area contributed by atoms with Gasteiger partial charge in [-0.3, -0.25) is 25.3 Å². The molecule has 6 N–H and O–H groups in total. The molecule has 1 aliphatic heterocycles. The van der Waals surface area contributed by atoms with E-state index in [0.29, 0.717) is 44.9 Å².